The molecule has 0 radical (unpaired) electrons. The molecule has 2 N–H and O–H groups in total. The fourth-order valence-corrected chi connectivity index (χ4v) is 1.95. The Kier molecular flexibility index (Phi) is 6.57. The highest BCUT2D eigenvalue weighted by molar-refractivity contribution is 6.33. The lowest BCUT2D eigenvalue weighted by atomic mass is 10.1. The second-order valence-corrected chi connectivity index (χ2v) is 4.28. The van der Waals surface area contributed by atoms with Crippen LogP contribution in [0, 0.1) is 0 Å². The van der Waals surface area contributed by atoms with Crippen molar-refractivity contribution in [2.75, 3.05) is 34.5 Å². The van der Waals surface area contributed by atoms with Crippen LogP contribution in [0.2, 0.25) is 5.02 Å². The zero-order valence-electron chi connectivity index (χ0n) is 11.6. The van der Waals surface area contributed by atoms with E-state index in [9.17, 15) is 4.79 Å². The topological polar surface area (TPSA) is 80.0 Å². The molecule has 0 aromatic heterocycles. The van der Waals surface area contributed by atoms with Crippen molar-refractivity contribution < 1.29 is 23.7 Å². The fourth-order valence-electron chi connectivity index (χ4n) is 1.63. The summed E-state index contributed by atoms with van der Waals surface area (Å²) >= 11 is 6.14. The van der Waals surface area contributed by atoms with Crippen LogP contribution in [0.5, 0.6) is 11.5 Å². The lowest BCUT2D eigenvalue weighted by molar-refractivity contribution is -0.146. The Bertz CT molecular complexity index is 466. The van der Waals surface area contributed by atoms with Crippen molar-refractivity contribution in [1.82, 2.24) is 0 Å². The molecule has 1 atom stereocenters. The van der Waals surface area contributed by atoms with Crippen LogP contribution in [0.15, 0.2) is 12.1 Å². The van der Waals surface area contributed by atoms with E-state index in [0.717, 1.165) is 0 Å². The summed E-state index contributed by atoms with van der Waals surface area (Å²) < 4.78 is 20.0. The number of halogens is 1. The summed E-state index contributed by atoms with van der Waals surface area (Å²) in [5.41, 5.74) is 6.67. The average molecular weight is 304 g/mol. The van der Waals surface area contributed by atoms with Gasteiger partial charge in [-0.25, -0.2) is 4.79 Å². The highest BCUT2D eigenvalue weighted by Crippen LogP contribution is 2.38. The molecule has 1 aromatic rings. The summed E-state index contributed by atoms with van der Waals surface area (Å²) in [7, 11) is 4.30. The predicted octanol–water partition coefficient (Wildman–Crippen LogP) is 1.55. The van der Waals surface area contributed by atoms with Crippen molar-refractivity contribution in [3.05, 3.63) is 22.7 Å². The number of rotatable bonds is 7. The molecule has 0 amide bonds. The molecule has 112 valence electrons. The number of methoxy groups -OCH3 is 3. The first-order chi connectivity index (χ1) is 9.54. The summed E-state index contributed by atoms with van der Waals surface area (Å²) in [6.07, 6.45) is 0. The third-order valence-corrected chi connectivity index (χ3v) is 3.02. The van der Waals surface area contributed by atoms with Gasteiger partial charge in [0.25, 0.3) is 0 Å². The third-order valence-electron chi connectivity index (χ3n) is 2.66. The molecule has 0 aliphatic carbocycles. The summed E-state index contributed by atoms with van der Waals surface area (Å²) in [5.74, 6) is 0.465. The molecule has 1 aromatic carbocycles. The normalized spacial score (nSPS) is 11.8. The van der Waals surface area contributed by atoms with E-state index in [1.54, 1.807) is 12.1 Å². The maximum atomic E-state index is 10.9. The van der Waals surface area contributed by atoms with Crippen molar-refractivity contribution in [2.45, 2.75) is 6.04 Å². The number of nitrogens with two attached hydrogens (primary N) is 1. The molecule has 0 aliphatic heterocycles. The Morgan fingerprint density at radius 1 is 1.30 bits per heavy atom. The zero-order valence-corrected chi connectivity index (χ0v) is 12.4. The van der Waals surface area contributed by atoms with E-state index in [2.05, 4.69) is 4.74 Å². The van der Waals surface area contributed by atoms with E-state index >= 15 is 0 Å². The number of carbonyl (C=O) groups excluding carboxylic acids is 1. The number of esters is 1. The molecule has 0 aliphatic rings. The van der Waals surface area contributed by atoms with Crippen molar-refractivity contribution in [3.8, 4) is 11.5 Å². The van der Waals surface area contributed by atoms with Crippen LogP contribution in [-0.2, 0) is 14.3 Å². The largest absolute Gasteiger partial charge is 0.495 e. The highest BCUT2D eigenvalue weighted by atomic mass is 35.5. The molecule has 0 heterocycles. The van der Waals surface area contributed by atoms with Crippen LogP contribution in [-0.4, -0.2) is 40.5 Å². The highest BCUT2D eigenvalue weighted by Gasteiger charge is 2.18. The SMILES string of the molecule is COC(=O)COCC(N)c1ccc(OC)c(Cl)c1OC. The Morgan fingerprint density at radius 2 is 2.00 bits per heavy atom. The Labute approximate surface area is 122 Å². The van der Waals surface area contributed by atoms with Crippen LogP contribution in [0.25, 0.3) is 0 Å². The van der Waals surface area contributed by atoms with E-state index in [1.165, 1.54) is 21.3 Å². The third kappa shape index (κ3) is 4.00. The molecule has 0 saturated heterocycles. The number of hydrogen-bond acceptors (Lipinski definition) is 6. The number of hydrogen-bond donors (Lipinski definition) is 1. The van der Waals surface area contributed by atoms with Gasteiger partial charge in [-0.05, 0) is 12.1 Å². The van der Waals surface area contributed by atoms with Gasteiger partial charge >= 0.3 is 5.97 Å². The molecule has 6 nitrogen and oxygen atoms in total. The molecule has 1 rings (SSSR count). The predicted molar refractivity (Wildman–Crippen MR) is 74.3 cm³/mol. The van der Waals surface area contributed by atoms with E-state index in [-0.39, 0.29) is 13.2 Å². The van der Waals surface area contributed by atoms with Gasteiger partial charge in [0.2, 0.25) is 0 Å². The number of carbonyl (C=O) groups is 1. The smallest absolute Gasteiger partial charge is 0.331 e. The first kappa shape index (κ1) is 16.6. The first-order valence-corrected chi connectivity index (χ1v) is 6.23. The standard InChI is InChI=1S/C13H18ClNO5/c1-17-10-5-4-8(13(19-3)12(10)14)9(15)6-20-7-11(16)18-2/h4-5,9H,6-7,15H2,1-3H3. The maximum absolute atomic E-state index is 10.9. The van der Waals surface area contributed by atoms with Crippen LogP contribution in [0.1, 0.15) is 11.6 Å². The molecule has 1 unspecified atom stereocenters. The summed E-state index contributed by atoms with van der Waals surface area (Å²) in [5, 5.41) is 0.343. The van der Waals surface area contributed by atoms with Crippen molar-refractivity contribution in [1.29, 1.82) is 0 Å². The molecule has 0 fully saturated rings. The Balaban J connectivity index is 2.79. The average Bonchev–Trinajstić information content (AvgIpc) is 2.46. The molecular formula is C13H18ClNO5. The summed E-state index contributed by atoms with van der Waals surface area (Å²) in [6.45, 7) is -0.0233. The van der Waals surface area contributed by atoms with Gasteiger partial charge in [0.05, 0.1) is 34.0 Å². The minimum Gasteiger partial charge on any atom is -0.495 e. The van der Waals surface area contributed by atoms with Crippen LogP contribution in [0.4, 0.5) is 0 Å². The summed E-state index contributed by atoms with van der Waals surface area (Å²) in [4.78, 5) is 10.9. The molecular weight excluding hydrogens is 286 g/mol. The minimum absolute atomic E-state index is 0.133. The second kappa shape index (κ2) is 7.94. The van der Waals surface area contributed by atoms with E-state index in [4.69, 9.17) is 31.5 Å². The molecule has 0 bridgehead atoms. The van der Waals surface area contributed by atoms with Crippen molar-refractivity contribution >= 4 is 17.6 Å². The second-order valence-electron chi connectivity index (χ2n) is 3.90. The van der Waals surface area contributed by atoms with Gasteiger partial charge in [0.1, 0.15) is 23.1 Å². The van der Waals surface area contributed by atoms with Gasteiger partial charge in [0.15, 0.2) is 0 Å². The van der Waals surface area contributed by atoms with Crippen molar-refractivity contribution in [2.24, 2.45) is 5.73 Å². The van der Waals surface area contributed by atoms with Crippen LogP contribution in [0.3, 0.4) is 0 Å². The molecule has 0 saturated carbocycles. The van der Waals surface area contributed by atoms with Gasteiger partial charge in [-0.1, -0.05) is 11.6 Å². The molecule has 0 spiro atoms. The first-order valence-electron chi connectivity index (χ1n) is 5.85. The van der Waals surface area contributed by atoms with E-state index in [0.29, 0.717) is 22.1 Å². The Hall–Kier alpha value is -1.50. The summed E-state index contributed by atoms with van der Waals surface area (Å²) in [6, 6.07) is 2.95. The van der Waals surface area contributed by atoms with E-state index < -0.39 is 12.0 Å². The number of ether oxygens (including phenoxy) is 4. The Morgan fingerprint density at radius 3 is 2.55 bits per heavy atom. The minimum atomic E-state index is -0.488. The van der Waals surface area contributed by atoms with Gasteiger partial charge < -0.3 is 24.7 Å². The van der Waals surface area contributed by atoms with Crippen LogP contribution >= 0.6 is 11.6 Å². The van der Waals surface area contributed by atoms with Crippen LogP contribution < -0.4 is 15.2 Å². The van der Waals surface area contributed by atoms with Gasteiger partial charge in [-0.2, -0.15) is 0 Å². The fraction of sp³-hybridized carbons (Fsp3) is 0.462. The van der Waals surface area contributed by atoms with Gasteiger partial charge in [-0.3, -0.25) is 0 Å². The van der Waals surface area contributed by atoms with Gasteiger partial charge in [-0.15, -0.1) is 0 Å². The van der Waals surface area contributed by atoms with Crippen molar-refractivity contribution in [3.63, 3.8) is 0 Å². The lowest BCUT2D eigenvalue weighted by Gasteiger charge is -2.18. The molecule has 20 heavy (non-hydrogen) atoms. The number of benzene rings is 1. The maximum Gasteiger partial charge on any atom is 0.331 e. The quantitative estimate of drug-likeness (QED) is 0.770. The molecule has 7 heteroatoms. The van der Waals surface area contributed by atoms with Gasteiger partial charge in [0, 0.05) is 5.56 Å². The zero-order chi connectivity index (χ0) is 15.1. The lowest BCUT2D eigenvalue weighted by Crippen LogP contribution is -2.21. The van der Waals surface area contributed by atoms with E-state index in [1.807, 2.05) is 0 Å². The monoisotopic (exact) mass is 303 g/mol.